The number of phosphoric ester groups is 2. The van der Waals surface area contributed by atoms with E-state index in [1.54, 1.807) is 0 Å². The number of aliphatic hydroxyl groups is 5. The summed E-state index contributed by atoms with van der Waals surface area (Å²) < 4.78 is 49.2. The minimum absolute atomic E-state index is 0.0270. The van der Waals surface area contributed by atoms with Gasteiger partial charge >= 0.3 is 27.6 Å². The first-order chi connectivity index (χ1) is 30.5. The smallest absolute Gasteiger partial charge is 0.462 e. The zero-order valence-corrected chi connectivity index (χ0v) is 39.9. The first kappa shape index (κ1) is 59.9. The number of carbonyl (C=O) groups is 2. The van der Waals surface area contributed by atoms with E-state index in [1.807, 2.05) is 25.2 Å². The molecule has 64 heavy (non-hydrogen) atoms. The fourth-order valence-electron chi connectivity index (χ4n) is 6.76. The van der Waals surface area contributed by atoms with E-state index in [-0.39, 0.29) is 18.9 Å². The summed E-state index contributed by atoms with van der Waals surface area (Å²) in [4.78, 5) is 54.2. The summed E-state index contributed by atoms with van der Waals surface area (Å²) in [7, 11) is -10.7. The van der Waals surface area contributed by atoms with Gasteiger partial charge < -0.3 is 49.7 Å². The fraction of sp³-hybridized carbons (Fsp3) is 0.778. The number of allylic oxidation sites excluding steroid dienone is 8. The van der Waals surface area contributed by atoms with Crippen molar-refractivity contribution < 1.29 is 82.0 Å². The quantitative estimate of drug-likeness (QED) is 0.0129. The highest BCUT2D eigenvalue weighted by atomic mass is 31.2. The van der Waals surface area contributed by atoms with Crippen LogP contribution in [0.3, 0.4) is 0 Å². The molecule has 19 heteroatoms. The van der Waals surface area contributed by atoms with E-state index in [9.17, 15) is 49.1 Å². The highest BCUT2D eigenvalue weighted by molar-refractivity contribution is 7.47. The molecule has 372 valence electrons. The van der Waals surface area contributed by atoms with Crippen molar-refractivity contribution in [2.45, 2.75) is 210 Å². The summed E-state index contributed by atoms with van der Waals surface area (Å²) in [5, 5.41) is 50.8. The second-order valence-electron chi connectivity index (χ2n) is 16.3. The Kier molecular flexibility index (Phi) is 33.7. The number of ether oxygens (including phenoxy) is 2. The van der Waals surface area contributed by atoms with Gasteiger partial charge in [-0.1, -0.05) is 140 Å². The van der Waals surface area contributed by atoms with Crippen molar-refractivity contribution >= 4 is 27.6 Å². The lowest BCUT2D eigenvalue weighted by molar-refractivity contribution is -0.216. The summed E-state index contributed by atoms with van der Waals surface area (Å²) in [6.45, 7) is 2.77. The molecule has 8 N–H and O–H groups in total. The monoisotopic (exact) mass is 954 g/mol. The van der Waals surface area contributed by atoms with E-state index >= 15 is 0 Å². The molecule has 17 nitrogen and oxygen atoms in total. The van der Waals surface area contributed by atoms with Gasteiger partial charge in [-0.2, -0.15) is 0 Å². The summed E-state index contributed by atoms with van der Waals surface area (Å²) in [6.07, 6.45) is 21.6. The van der Waals surface area contributed by atoms with Crippen LogP contribution in [0.25, 0.3) is 0 Å². The Morgan fingerprint density at radius 2 is 1.03 bits per heavy atom. The molecule has 1 rings (SSSR count). The molecule has 0 aromatic carbocycles. The number of rotatable bonds is 38. The highest BCUT2D eigenvalue weighted by Gasteiger charge is 2.54. The van der Waals surface area contributed by atoms with Crippen LogP contribution in [0.5, 0.6) is 0 Å². The van der Waals surface area contributed by atoms with E-state index in [1.165, 1.54) is 51.4 Å². The number of unbranched alkanes of at least 4 members (excludes halogenated alkanes) is 13. The van der Waals surface area contributed by atoms with Gasteiger partial charge in [-0.05, 0) is 57.8 Å². The second kappa shape index (κ2) is 36.0. The van der Waals surface area contributed by atoms with Crippen molar-refractivity contribution in [3.63, 3.8) is 0 Å². The van der Waals surface area contributed by atoms with E-state index in [2.05, 4.69) is 41.8 Å². The predicted molar refractivity (Wildman–Crippen MR) is 243 cm³/mol. The number of hydrogen-bond acceptors (Lipinski definition) is 14. The summed E-state index contributed by atoms with van der Waals surface area (Å²) >= 11 is 0. The van der Waals surface area contributed by atoms with Crippen LogP contribution in [0.1, 0.15) is 162 Å². The molecule has 0 spiro atoms. The maximum atomic E-state index is 13.0. The van der Waals surface area contributed by atoms with Crippen molar-refractivity contribution in [2.75, 3.05) is 13.2 Å². The molecular weight excluding hydrogens is 874 g/mol. The first-order valence-corrected chi connectivity index (χ1v) is 26.3. The highest BCUT2D eigenvalue weighted by Crippen LogP contribution is 2.49. The largest absolute Gasteiger partial charge is 0.472 e. The molecule has 0 radical (unpaired) electrons. The van der Waals surface area contributed by atoms with Crippen LogP contribution in [0.4, 0.5) is 0 Å². The van der Waals surface area contributed by atoms with E-state index in [0.717, 1.165) is 64.2 Å². The molecular formula is C45H80O17P2. The Labute approximate surface area is 380 Å². The number of phosphoric acid groups is 2. The lowest BCUT2D eigenvalue weighted by atomic mass is 9.85. The summed E-state index contributed by atoms with van der Waals surface area (Å²) in [6, 6.07) is 0. The zero-order valence-electron chi connectivity index (χ0n) is 38.1. The van der Waals surface area contributed by atoms with Crippen molar-refractivity contribution in [1.29, 1.82) is 0 Å². The molecule has 1 saturated carbocycles. The first-order valence-electron chi connectivity index (χ1n) is 23.3. The Morgan fingerprint density at radius 1 is 0.562 bits per heavy atom. The average Bonchev–Trinajstić information content (AvgIpc) is 3.25. The minimum Gasteiger partial charge on any atom is -0.462 e. The molecule has 1 aliphatic rings. The second-order valence-corrected chi connectivity index (χ2v) is 18.9. The Balaban J connectivity index is 2.64. The summed E-state index contributed by atoms with van der Waals surface area (Å²) in [5.41, 5.74) is 0. The van der Waals surface area contributed by atoms with E-state index in [4.69, 9.17) is 28.3 Å². The number of hydrogen-bond donors (Lipinski definition) is 8. The SMILES string of the molecule is CCCCCCCCCCCCCCCC(=O)O[C@H](COC(=O)CCC/C=C\C/C=C\C/C=C\C/C=C\CC[C@@H](O)CC)COP(=O)(O)O[C@H]1C(O)C(O)C(O)[C@@H](OP(=O)(O)O)C1O. The molecule has 0 aromatic rings. The standard InChI is InChI=1S/C45H80O17P2/c1-3-5-6-7-8-9-10-13-18-21-24-27-30-33-39(48)60-37(35-59-64(56,57)62-45-42(51)40(49)41(50)44(43(45)52)61-63(53,54)55)34-58-38(47)32-29-26-23-20-17-15-12-11-14-16-19-22-25-28-31-36(46)4-2/h12,14-16,20,22-23,25,36-37,40-46,49-52H,3-11,13,17-19,21,24,26-35H2,1-2H3,(H,56,57)(H2,53,54,55)/b15-12-,16-14-,23-20-,25-22-/t36-,37+,40?,41?,42?,43?,44+,45-/m0/s1. The van der Waals surface area contributed by atoms with Crippen molar-refractivity contribution in [1.82, 2.24) is 0 Å². The molecule has 9 atom stereocenters. The number of aliphatic hydroxyl groups excluding tert-OH is 5. The number of carbonyl (C=O) groups excluding carboxylic acids is 2. The number of esters is 2. The van der Waals surface area contributed by atoms with Crippen LogP contribution in [-0.2, 0) is 41.8 Å². The van der Waals surface area contributed by atoms with Crippen molar-refractivity contribution in [2.24, 2.45) is 0 Å². The molecule has 5 unspecified atom stereocenters. The van der Waals surface area contributed by atoms with E-state index < -0.39 is 83.5 Å². The van der Waals surface area contributed by atoms with Crippen LogP contribution in [-0.4, -0.2) is 114 Å². The molecule has 0 aliphatic heterocycles. The average molecular weight is 955 g/mol. The van der Waals surface area contributed by atoms with Crippen molar-refractivity contribution in [3.05, 3.63) is 48.6 Å². The third-order valence-electron chi connectivity index (χ3n) is 10.6. The normalized spacial score (nSPS) is 22.7. The van der Waals surface area contributed by atoms with Gasteiger partial charge in [0.25, 0.3) is 0 Å². The molecule has 1 aliphatic carbocycles. The molecule has 1 fully saturated rings. The van der Waals surface area contributed by atoms with Crippen LogP contribution < -0.4 is 0 Å². The van der Waals surface area contributed by atoms with Gasteiger partial charge in [-0.15, -0.1) is 0 Å². The van der Waals surface area contributed by atoms with E-state index in [0.29, 0.717) is 19.3 Å². The third kappa shape index (κ3) is 30.3. The fourth-order valence-corrected chi connectivity index (χ4v) is 8.30. The minimum atomic E-state index is -5.37. The lowest BCUT2D eigenvalue weighted by Crippen LogP contribution is -2.64. The molecule has 0 amide bonds. The Hall–Kier alpha value is -2.08. The van der Waals surface area contributed by atoms with Gasteiger partial charge in [0.15, 0.2) is 6.10 Å². The summed E-state index contributed by atoms with van der Waals surface area (Å²) in [5.74, 6) is -1.29. The van der Waals surface area contributed by atoms with Gasteiger partial charge in [-0.3, -0.25) is 23.2 Å². The Bertz CT molecular complexity index is 1450. The van der Waals surface area contributed by atoms with Crippen molar-refractivity contribution in [3.8, 4) is 0 Å². The maximum Gasteiger partial charge on any atom is 0.472 e. The molecule has 0 aromatic heterocycles. The maximum absolute atomic E-state index is 13.0. The van der Waals surface area contributed by atoms with Gasteiger partial charge in [0.05, 0.1) is 12.7 Å². The lowest BCUT2D eigenvalue weighted by Gasteiger charge is -2.43. The van der Waals surface area contributed by atoms with Gasteiger partial charge in [0.2, 0.25) is 0 Å². The van der Waals surface area contributed by atoms with Crippen LogP contribution in [0, 0.1) is 0 Å². The molecule has 0 bridgehead atoms. The molecule has 0 saturated heterocycles. The van der Waals surface area contributed by atoms with Crippen LogP contribution in [0.2, 0.25) is 0 Å². The zero-order chi connectivity index (χ0) is 47.6. The van der Waals surface area contributed by atoms with Crippen LogP contribution in [0.15, 0.2) is 48.6 Å². The predicted octanol–water partition coefficient (Wildman–Crippen LogP) is 7.48. The Morgan fingerprint density at radius 3 is 1.55 bits per heavy atom. The third-order valence-corrected chi connectivity index (χ3v) is 12.1. The van der Waals surface area contributed by atoms with Crippen LogP contribution >= 0.6 is 15.6 Å². The molecule has 0 heterocycles. The van der Waals surface area contributed by atoms with Gasteiger partial charge in [-0.25, -0.2) is 9.13 Å². The topological polar surface area (TPSA) is 276 Å². The van der Waals surface area contributed by atoms with Gasteiger partial charge in [0.1, 0.15) is 43.2 Å². The van der Waals surface area contributed by atoms with Gasteiger partial charge in [0, 0.05) is 12.8 Å².